The fourth-order valence-corrected chi connectivity index (χ4v) is 3.03. The van der Waals surface area contributed by atoms with Gasteiger partial charge in [0.2, 0.25) is 0 Å². The van der Waals surface area contributed by atoms with Crippen LogP contribution in [-0.2, 0) is 0 Å². The van der Waals surface area contributed by atoms with Crippen molar-refractivity contribution in [2.24, 2.45) is 0 Å². The number of hydrogen-bond acceptors (Lipinski definition) is 7. The lowest BCUT2D eigenvalue weighted by Gasteiger charge is -2.17. The molecule has 0 amide bonds. The monoisotopic (exact) mass is 423 g/mol. The van der Waals surface area contributed by atoms with Crippen LogP contribution < -0.4 is 10.1 Å². The third-order valence-corrected chi connectivity index (χ3v) is 4.52. The summed E-state index contributed by atoms with van der Waals surface area (Å²) in [4.78, 5) is 13.0. The molecule has 4 aromatic rings. The first-order chi connectivity index (χ1) is 14.9. The van der Waals surface area contributed by atoms with Crippen LogP contribution >= 0.6 is 0 Å². The number of benzene rings is 1. The standard InChI is InChI=1S/C21H17F2N7O.H2/c1-12(10-24)31-21-28-18(16-11-26-30-7-3-6-25-20(16)30)9-19(29-21)27-13(2)15-5-4-14(22)8-17(15)23;/h3-9,11-13H,1-2H3,(H,27,28,29);1H/t12?,13-;/m0./s1. The molecule has 0 saturated carbocycles. The second-order valence-electron chi connectivity index (χ2n) is 6.79. The second-order valence-corrected chi connectivity index (χ2v) is 6.79. The molecule has 10 heteroatoms. The molecule has 8 nitrogen and oxygen atoms in total. The van der Waals surface area contributed by atoms with Crippen LogP contribution in [0.3, 0.4) is 0 Å². The lowest BCUT2D eigenvalue weighted by Crippen LogP contribution is -2.14. The topological polar surface area (TPSA) is 101 Å². The van der Waals surface area contributed by atoms with E-state index in [1.165, 1.54) is 12.1 Å². The minimum Gasteiger partial charge on any atom is -0.445 e. The number of nitrogens with one attached hydrogen (secondary N) is 1. The van der Waals surface area contributed by atoms with Crippen molar-refractivity contribution in [2.75, 3.05) is 5.32 Å². The van der Waals surface area contributed by atoms with Crippen LogP contribution in [0.5, 0.6) is 6.01 Å². The van der Waals surface area contributed by atoms with Crippen molar-refractivity contribution < 1.29 is 14.9 Å². The van der Waals surface area contributed by atoms with Gasteiger partial charge in [0.05, 0.1) is 23.5 Å². The zero-order valence-electron chi connectivity index (χ0n) is 16.6. The molecule has 0 radical (unpaired) electrons. The largest absolute Gasteiger partial charge is 0.445 e. The van der Waals surface area contributed by atoms with E-state index in [0.717, 1.165) is 6.07 Å². The van der Waals surface area contributed by atoms with Gasteiger partial charge in [-0.05, 0) is 26.0 Å². The molecule has 4 rings (SSSR count). The summed E-state index contributed by atoms with van der Waals surface area (Å²) in [6.45, 7) is 3.28. The molecule has 1 N–H and O–H groups in total. The van der Waals surface area contributed by atoms with Gasteiger partial charge in [-0.1, -0.05) is 6.07 Å². The molecule has 0 saturated heterocycles. The van der Waals surface area contributed by atoms with Gasteiger partial charge >= 0.3 is 6.01 Å². The molecule has 0 aliphatic heterocycles. The highest BCUT2D eigenvalue weighted by molar-refractivity contribution is 5.75. The molecule has 3 heterocycles. The number of nitrogens with zero attached hydrogens (tertiary/aromatic N) is 6. The molecule has 0 aliphatic rings. The summed E-state index contributed by atoms with van der Waals surface area (Å²) in [7, 11) is 0. The van der Waals surface area contributed by atoms with E-state index in [2.05, 4.69) is 25.4 Å². The predicted molar refractivity (Wildman–Crippen MR) is 110 cm³/mol. The van der Waals surface area contributed by atoms with E-state index in [0.29, 0.717) is 22.7 Å². The summed E-state index contributed by atoms with van der Waals surface area (Å²) in [5.41, 5.74) is 1.93. The van der Waals surface area contributed by atoms with Crippen molar-refractivity contribution in [3.63, 3.8) is 0 Å². The Morgan fingerprint density at radius 3 is 2.84 bits per heavy atom. The number of aromatic nitrogens is 5. The number of rotatable bonds is 6. The predicted octanol–water partition coefficient (Wildman–Crippen LogP) is 4.17. The summed E-state index contributed by atoms with van der Waals surface area (Å²) in [6, 6.07) is 8.17. The van der Waals surface area contributed by atoms with Crippen LogP contribution in [0.25, 0.3) is 16.9 Å². The highest BCUT2D eigenvalue weighted by Crippen LogP contribution is 2.28. The summed E-state index contributed by atoms with van der Waals surface area (Å²) in [5.74, 6) is -0.994. The Kier molecular flexibility index (Phi) is 5.41. The lowest BCUT2D eigenvalue weighted by atomic mass is 10.1. The maximum Gasteiger partial charge on any atom is 0.320 e. The normalized spacial score (nSPS) is 12.9. The van der Waals surface area contributed by atoms with Crippen LogP contribution in [0.2, 0.25) is 0 Å². The summed E-state index contributed by atoms with van der Waals surface area (Å²) >= 11 is 0. The fourth-order valence-electron chi connectivity index (χ4n) is 3.03. The van der Waals surface area contributed by atoms with Gasteiger partial charge in [-0.15, -0.1) is 0 Å². The Hall–Kier alpha value is -4.13. The van der Waals surface area contributed by atoms with Gasteiger partial charge in [-0.3, -0.25) is 0 Å². The molecule has 0 bridgehead atoms. The Labute approximate surface area is 177 Å². The van der Waals surface area contributed by atoms with E-state index in [1.807, 2.05) is 6.07 Å². The average Bonchev–Trinajstić information content (AvgIpc) is 3.17. The quantitative estimate of drug-likeness (QED) is 0.497. The van der Waals surface area contributed by atoms with E-state index >= 15 is 0 Å². The molecule has 1 unspecified atom stereocenters. The fraction of sp³-hybridized carbons (Fsp3) is 0.190. The van der Waals surface area contributed by atoms with E-state index in [4.69, 9.17) is 10.00 Å². The SMILES string of the molecule is CC(C#N)Oc1nc(N[C@@H](C)c2ccc(F)cc2F)cc(-c2cnn3cccnc23)n1.[HH]. The van der Waals surface area contributed by atoms with Crippen molar-refractivity contribution in [2.45, 2.75) is 26.0 Å². The van der Waals surface area contributed by atoms with Crippen LogP contribution in [0.1, 0.15) is 26.9 Å². The zero-order chi connectivity index (χ0) is 22.0. The smallest absolute Gasteiger partial charge is 0.320 e. The Bertz CT molecular complexity index is 1290. The molecular formula is C21H19F2N7O. The number of ether oxygens (including phenoxy) is 1. The molecule has 0 aliphatic carbocycles. The van der Waals surface area contributed by atoms with Crippen LogP contribution in [0.4, 0.5) is 14.6 Å². The summed E-state index contributed by atoms with van der Waals surface area (Å²) in [5, 5.41) is 16.4. The van der Waals surface area contributed by atoms with Gasteiger partial charge < -0.3 is 10.1 Å². The number of halogens is 2. The number of nitriles is 1. The van der Waals surface area contributed by atoms with Gasteiger partial charge in [0.15, 0.2) is 11.8 Å². The molecule has 0 spiro atoms. The second kappa shape index (κ2) is 8.31. The first-order valence-electron chi connectivity index (χ1n) is 9.40. The van der Waals surface area contributed by atoms with E-state index < -0.39 is 23.8 Å². The molecule has 31 heavy (non-hydrogen) atoms. The van der Waals surface area contributed by atoms with Gasteiger partial charge in [-0.25, -0.2) is 18.3 Å². The zero-order valence-corrected chi connectivity index (χ0v) is 16.6. The lowest BCUT2D eigenvalue weighted by molar-refractivity contribution is 0.254. The third kappa shape index (κ3) is 4.25. The van der Waals surface area contributed by atoms with E-state index in [9.17, 15) is 8.78 Å². The van der Waals surface area contributed by atoms with Gasteiger partial charge in [0.25, 0.3) is 0 Å². The van der Waals surface area contributed by atoms with Crippen molar-refractivity contribution in [3.05, 3.63) is 66.1 Å². The minimum absolute atomic E-state index is 0. The molecule has 1 aromatic carbocycles. The Balaban J connectivity index is 0.00000289. The number of hydrogen-bond donors (Lipinski definition) is 1. The van der Waals surface area contributed by atoms with E-state index in [-0.39, 0.29) is 13.0 Å². The first-order valence-corrected chi connectivity index (χ1v) is 9.40. The molecule has 3 aromatic heterocycles. The van der Waals surface area contributed by atoms with Crippen molar-refractivity contribution in [1.82, 2.24) is 24.6 Å². The maximum atomic E-state index is 14.2. The van der Waals surface area contributed by atoms with Gasteiger partial charge in [0, 0.05) is 31.5 Å². The molecular weight excluding hydrogens is 404 g/mol. The van der Waals surface area contributed by atoms with Crippen molar-refractivity contribution in [3.8, 4) is 23.3 Å². The minimum atomic E-state index is -0.780. The van der Waals surface area contributed by atoms with Crippen LogP contribution in [0, 0.1) is 23.0 Å². The highest BCUT2D eigenvalue weighted by Gasteiger charge is 2.17. The Morgan fingerprint density at radius 2 is 2.06 bits per heavy atom. The molecule has 0 fully saturated rings. The van der Waals surface area contributed by atoms with Crippen molar-refractivity contribution in [1.29, 1.82) is 5.26 Å². The molecule has 158 valence electrons. The van der Waals surface area contributed by atoms with Crippen LogP contribution in [-0.4, -0.2) is 30.7 Å². The van der Waals surface area contributed by atoms with Gasteiger partial charge in [-0.2, -0.15) is 20.3 Å². The van der Waals surface area contributed by atoms with Crippen molar-refractivity contribution >= 4 is 11.5 Å². The summed E-state index contributed by atoms with van der Waals surface area (Å²) < 4.78 is 34.5. The number of fused-ring (bicyclic) bond motifs is 1. The highest BCUT2D eigenvalue weighted by atomic mass is 19.1. The average molecular weight is 423 g/mol. The van der Waals surface area contributed by atoms with Crippen LogP contribution in [0.15, 0.2) is 48.9 Å². The third-order valence-electron chi connectivity index (χ3n) is 4.52. The van der Waals surface area contributed by atoms with Gasteiger partial charge in [0.1, 0.15) is 23.5 Å². The molecule has 2 atom stereocenters. The van der Waals surface area contributed by atoms with E-state index in [1.54, 1.807) is 49.1 Å². The summed E-state index contributed by atoms with van der Waals surface area (Å²) in [6.07, 6.45) is 4.21. The first kappa shape index (κ1) is 20.2. The Morgan fingerprint density at radius 1 is 1.23 bits per heavy atom. The maximum absolute atomic E-state index is 14.2. The number of anilines is 1.